The predicted octanol–water partition coefficient (Wildman–Crippen LogP) is 6.54. The van der Waals surface area contributed by atoms with Gasteiger partial charge in [-0.05, 0) is 59.2 Å². The summed E-state index contributed by atoms with van der Waals surface area (Å²) in [5.74, 6) is 0.479. The first-order chi connectivity index (χ1) is 14.0. The zero-order valence-corrected chi connectivity index (χ0v) is 16.5. The van der Waals surface area contributed by atoms with Crippen LogP contribution in [0, 0.1) is 21.4 Å². The van der Waals surface area contributed by atoms with Crippen molar-refractivity contribution in [3.05, 3.63) is 104 Å². The van der Waals surface area contributed by atoms with Gasteiger partial charge in [0.2, 0.25) is 0 Å². The Hall–Kier alpha value is -3.33. The van der Waals surface area contributed by atoms with Crippen LogP contribution >= 0.6 is 23.2 Å². The van der Waals surface area contributed by atoms with Gasteiger partial charge in [-0.15, -0.1) is 0 Å². The Morgan fingerprint density at radius 2 is 1.76 bits per heavy atom. The minimum atomic E-state index is -0.451. The van der Waals surface area contributed by atoms with Crippen molar-refractivity contribution >= 4 is 40.5 Å². The Labute approximate surface area is 177 Å². The average Bonchev–Trinajstić information content (AvgIpc) is 2.72. The maximum Gasteiger partial charge on any atom is 0.269 e. The van der Waals surface area contributed by atoms with E-state index in [2.05, 4.69) is 6.07 Å². The van der Waals surface area contributed by atoms with Gasteiger partial charge in [-0.1, -0.05) is 41.4 Å². The molecule has 0 aliphatic rings. The number of ether oxygens (including phenoxy) is 1. The predicted molar refractivity (Wildman–Crippen MR) is 114 cm³/mol. The highest BCUT2D eigenvalue weighted by Crippen LogP contribution is 2.28. The second kappa shape index (κ2) is 9.24. The van der Waals surface area contributed by atoms with Crippen molar-refractivity contribution in [2.45, 2.75) is 6.61 Å². The summed E-state index contributed by atoms with van der Waals surface area (Å²) < 4.78 is 5.71. The van der Waals surface area contributed by atoms with Crippen LogP contribution in [-0.4, -0.2) is 4.92 Å². The number of hydrogen-bond donors (Lipinski definition) is 0. The summed E-state index contributed by atoms with van der Waals surface area (Å²) in [5, 5.41) is 21.1. The van der Waals surface area contributed by atoms with Crippen LogP contribution < -0.4 is 4.74 Å². The van der Waals surface area contributed by atoms with Crippen LogP contribution in [0.4, 0.5) is 5.69 Å². The Balaban J connectivity index is 1.73. The normalized spacial score (nSPS) is 11.0. The maximum absolute atomic E-state index is 10.7. The topological polar surface area (TPSA) is 76.2 Å². The van der Waals surface area contributed by atoms with E-state index in [0.717, 1.165) is 16.7 Å². The molecule has 3 rings (SSSR count). The molecule has 7 heteroatoms. The van der Waals surface area contributed by atoms with E-state index in [-0.39, 0.29) is 12.3 Å². The molecule has 0 unspecified atom stereocenters. The SMILES string of the molecule is N#C/C(=C\c1ccc(OCc2ccc([N+](=O)[O-])cc2)c(Cl)c1)c1ccc(Cl)cc1. The van der Waals surface area contributed by atoms with Gasteiger partial charge >= 0.3 is 0 Å². The third-order valence-corrected chi connectivity index (χ3v) is 4.63. The van der Waals surface area contributed by atoms with E-state index in [0.29, 0.717) is 21.4 Å². The second-order valence-corrected chi connectivity index (χ2v) is 6.92. The van der Waals surface area contributed by atoms with E-state index in [1.165, 1.54) is 12.1 Å². The van der Waals surface area contributed by atoms with E-state index in [1.807, 2.05) is 0 Å². The number of nitriles is 1. The van der Waals surface area contributed by atoms with Crippen LogP contribution in [0.3, 0.4) is 0 Å². The Bertz CT molecular complexity index is 1100. The number of nitro groups is 1. The number of allylic oxidation sites excluding steroid dienone is 1. The maximum atomic E-state index is 10.7. The smallest absolute Gasteiger partial charge is 0.269 e. The number of nitro benzene ring substituents is 1. The highest BCUT2D eigenvalue weighted by molar-refractivity contribution is 6.32. The summed E-state index contributed by atoms with van der Waals surface area (Å²) in [6.45, 7) is 0.223. The van der Waals surface area contributed by atoms with Gasteiger partial charge in [0.1, 0.15) is 12.4 Å². The molecule has 0 saturated heterocycles. The molecule has 3 aromatic rings. The lowest BCUT2D eigenvalue weighted by Crippen LogP contribution is -1.97. The second-order valence-electron chi connectivity index (χ2n) is 6.08. The lowest BCUT2D eigenvalue weighted by atomic mass is 10.0. The van der Waals surface area contributed by atoms with Crippen LogP contribution in [0.1, 0.15) is 16.7 Å². The molecule has 0 saturated carbocycles. The van der Waals surface area contributed by atoms with Crippen molar-refractivity contribution in [2.75, 3.05) is 0 Å². The van der Waals surface area contributed by atoms with Crippen molar-refractivity contribution < 1.29 is 9.66 Å². The fourth-order valence-electron chi connectivity index (χ4n) is 2.58. The molecule has 0 fully saturated rings. The highest BCUT2D eigenvalue weighted by Gasteiger charge is 2.07. The molecular weight excluding hydrogens is 411 g/mol. The van der Waals surface area contributed by atoms with Crippen LogP contribution in [0.15, 0.2) is 66.7 Å². The zero-order valence-electron chi connectivity index (χ0n) is 15.0. The Morgan fingerprint density at radius 1 is 1.07 bits per heavy atom. The summed E-state index contributed by atoms with van der Waals surface area (Å²) in [5.41, 5.74) is 2.80. The lowest BCUT2D eigenvalue weighted by molar-refractivity contribution is -0.384. The van der Waals surface area contributed by atoms with E-state index >= 15 is 0 Å². The van der Waals surface area contributed by atoms with Gasteiger partial charge in [0, 0.05) is 17.2 Å². The van der Waals surface area contributed by atoms with E-state index in [4.69, 9.17) is 27.9 Å². The summed E-state index contributed by atoms with van der Waals surface area (Å²) in [6.07, 6.45) is 1.73. The quantitative estimate of drug-likeness (QED) is 0.194. The van der Waals surface area contributed by atoms with Crippen LogP contribution in [0.2, 0.25) is 10.0 Å². The molecule has 0 atom stereocenters. The first kappa shape index (κ1) is 20.4. The minimum Gasteiger partial charge on any atom is -0.487 e. The van der Waals surface area contributed by atoms with Crippen LogP contribution in [0.5, 0.6) is 5.75 Å². The largest absolute Gasteiger partial charge is 0.487 e. The molecule has 0 amide bonds. The number of hydrogen-bond acceptors (Lipinski definition) is 4. The molecular formula is C22H14Cl2N2O3. The lowest BCUT2D eigenvalue weighted by Gasteiger charge is -2.09. The number of rotatable bonds is 6. The molecule has 0 aromatic heterocycles. The van der Waals surface area contributed by atoms with Crippen LogP contribution in [0.25, 0.3) is 11.6 Å². The fraction of sp³-hybridized carbons (Fsp3) is 0.0455. The molecule has 0 spiro atoms. The molecule has 3 aromatic carbocycles. The highest BCUT2D eigenvalue weighted by atomic mass is 35.5. The fourth-order valence-corrected chi connectivity index (χ4v) is 2.94. The molecule has 5 nitrogen and oxygen atoms in total. The molecule has 0 N–H and O–H groups in total. The van der Waals surface area contributed by atoms with E-state index < -0.39 is 4.92 Å². The standard InChI is InChI=1S/C22H14Cl2N2O3/c23-19-6-4-17(5-7-19)18(13-25)11-16-3-10-22(21(24)12-16)29-14-15-1-8-20(9-2-15)26(27)28/h1-12H,14H2/b18-11+. The zero-order chi connectivity index (χ0) is 20.8. The number of nitrogens with zero attached hydrogens (tertiary/aromatic N) is 2. The Kier molecular flexibility index (Phi) is 6.50. The monoisotopic (exact) mass is 424 g/mol. The number of benzene rings is 3. The number of halogens is 2. The molecule has 0 radical (unpaired) electrons. The van der Waals surface area contributed by atoms with Gasteiger partial charge in [-0.2, -0.15) is 5.26 Å². The van der Waals surface area contributed by atoms with Crippen molar-refractivity contribution in [2.24, 2.45) is 0 Å². The molecule has 29 heavy (non-hydrogen) atoms. The first-order valence-corrected chi connectivity index (χ1v) is 9.25. The van der Waals surface area contributed by atoms with Crippen molar-refractivity contribution in [3.63, 3.8) is 0 Å². The Morgan fingerprint density at radius 3 is 2.34 bits per heavy atom. The van der Waals surface area contributed by atoms with Gasteiger partial charge in [-0.3, -0.25) is 10.1 Å². The van der Waals surface area contributed by atoms with Crippen LogP contribution in [-0.2, 0) is 6.61 Å². The third-order valence-electron chi connectivity index (χ3n) is 4.08. The van der Waals surface area contributed by atoms with Gasteiger partial charge in [0.15, 0.2) is 0 Å². The average molecular weight is 425 g/mol. The molecule has 0 bridgehead atoms. The van der Waals surface area contributed by atoms with Gasteiger partial charge < -0.3 is 4.74 Å². The van der Waals surface area contributed by atoms with Gasteiger partial charge in [-0.25, -0.2) is 0 Å². The third kappa shape index (κ3) is 5.35. The van der Waals surface area contributed by atoms with E-state index in [9.17, 15) is 15.4 Å². The summed E-state index contributed by atoms with van der Waals surface area (Å²) in [6, 6.07) is 20.5. The molecule has 0 aliphatic heterocycles. The molecule has 0 heterocycles. The van der Waals surface area contributed by atoms with Crippen molar-refractivity contribution in [1.29, 1.82) is 5.26 Å². The summed E-state index contributed by atoms with van der Waals surface area (Å²) >= 11 is 12.2. The van der Waals surface area contributed by atoms with Crippen molar-refractivity contribution in [3.8, 4) is 11.8 Å². The van der Waals surface area contributed by atoms with E-state index in [1.54, 1.807) is 60.7 Å². The van der Waals surface area contributed by atoms with Gasteiger partial charge in [0.05, 0.1) is 21.6 Å². The first-order valence-electron chi connectivity index (χ1n) is 8.49. The summed E-state index contributed by atoms with van der Waals surface area (Å²) in [4.78, 5) is 10.2. The van der Waals surface area contributed by atoms with Crippen molar-refractivity contribution in [1.82, 2.24) is 0 Å². The summed E-state index contributed by atoms with van der Waals surface area (Å²) in [7, 11) is 0. The number of non-ortho nitro benzene ring substituents is 1. The molecule has 144 valence electrons. The van der Waals surface area contributed by atoms with Gasteiger partial charge in [0.25, 0.3) is 5.69 Å². The molecule has 0 aliphatic carbocycles. The minimum absolute atomic E-state index is 0.0249.